The lowest BCUT2D eigenvalue weighted by atomic mass is 10.0. The average molecular weight is 279 g/mol. The van der Waals surface area contributed by atoms with Gasteiger partial charge in [-0.25, -0.2) is 4.39 Å². The van der Waals surface area contributed by atoms with E-state index in [2.05, 4.69) is 15.5 Å². The zero-order chi connectivity index (χ0) is 14.4. The van der Waals surface area contributed by atoms with Gasteiger partial charge in [0.1, 0.15) is 5.82 Å². The minimum absolute atomic E-state index is 0.0720. The summed E-state index contributed by atoms with van der Waals surface area (Å²) in [7, 11) is 1.67. The van der Waals surface area contributed by atoms with Crippen molar-refractivity contribution < 1.29 is 9.18 Å². The number of rotatable bonds is 5. The third kappa shape index (κ3) is 4.58. The molecule has 1 fully saturated rings. The van der Waals surface area contributed by atoms with Crippen LogP contribution in [0.2, 0.25) is 0 Å². The van der Waals surface area contributed by atoms with Gasteiger partial charge < -0.3 is 10.6 Å². The number of benzene rings is 1. The summed E-state index contributed by atoms with van der Waals surface area (Å²) in [6, 6.07) is 7.07. The Labute approximate surface area is 119 Å². The second-order valence-electron chi connectivity index (χ2n) is 5.23. The fourth-order valence-electron chi connectivity index (χ4n) is 2.44. The average Bonchev–Trinajstić information content (AvgIpc) is 2.48. The Bertz CT molecular complexity index is 427. The lowest BCUT2D eigenvalue weighted by Gasteiger charge is -2.31. The molecule has 0 bridgehead atoms. The van der Waals surface area contributed by atoms with E-state index in [4.69, 9.17) is 0 Å². The van der Waals surface area contributed by atoms with Gasteiger partial charge in [-0.15, -0.1) is 0 Å². The van der Waals surface area contributed by atoms with Crippen LogP contribution in [-0.4, -0.2) is 43.5 Å². The highest BCUT2D eigenvalue weighted by atomic mass is 19.1. The first kappa shape index (κ1) is 14.9. The van der Waals surface area contributed by atoms with Crippen LogP contribution < -0.4 is 10.6 Å². The maximum Gasteiger partial charge on any atom is 0.233 e. The second kappa shape index (κ2) is 7.36. The number of nitrogens with one attached hydrogen (secondary N) is 2. The summed E-state index contributed by atoms with van der Waals surface area (Å²) < 4.78 is 12.8. The third-order valence-corrected chi connectivity index (χ3v) is 3.74. The topological polar surface area (TPSA) is 44.4 Å². The molecule has 1 amide bonds. The zero-order valence-corrected chi connectivity index (χ0v) is 11.9. The van der Waals surface area contributed by atoms with Gasteiger partial charge in [0.25, 0.3) is 0 Å². The summed E-state index contributed by atoms with van der Waals surface area (Å²) in [5.41, 5.74) is 1.10. The van der Waals surface area contributed by atoms with Crippen LogP contribution >= 0.6 is 0 Å². The monoisotopic (exact) mass is 279 g/mol. The van der Waals surface area contributed by atoms with E-state index >= 15 is 0 Å². The number of amides is 1. The molecular formula is C15H22FN3O. The van der Waals surface area contributed by atoms with Crippen molar-refractivity contribution in [2.75, 3.05) is 26.7 Å². The molecule has 0 saturated carbocycles. The summed E-state index contributed by atoms with van der Waals surface area (Å²) >= 11 is 0. The van der Waals surface area contributed by atoms with Gasteiger partial charge in [0.05, 0.1) is 6.54 Å². The van der Waals surface area contributed by atoms with E-state index in [1.54, 1.807) is 7.05 Å². The number of hydrogen-bond acceptors (Lipinski definition) is 3. The molecule has 0 aliphatic carbocycles. The molecule has 2 N–H and O–H groups in total. The van der Waals surface area contributed by atoms with Crippen molar-refractivity contribution in [3.63, 3.8) is 0 Å². The highest BCUT2D eigenvalue weighted by Gasteiger charge is 2.19. The van der Waals surface area contributed by atoms with E-state index in [9.17, 15) is 9.18 Å². The Balaban J connectivity index is 1.69. The molecule has 1 saturated heterocycles. The summed E-state index contributed by atoms with van der Waals surface area (Å²) in [5, 5.41) is 6.14. The molecule has 20 heavy (non-hydrogen) atoms. The minimum atomic E-state index is -0.198. The van der Waals surface area contributed by atoms with Gasteiger partial charge >= 0.3 is 0 Å². The molecule has 1 aliphatic heterocycles. The maximum atomic E-state index is 12.8. The molecule has 1 aromatic rings. The van der Waals surface area contributed by atoms with Gasteiger partial charge in [-0.2, -0.15) is 0 Å². The lowest BCUT2D eigenvalue weighted by molar-refractivity contribution is -0.122. The maximum absolute atomic E-state index is 12.8. The Morgan fingerprint density at radius 3 is 2.55 bits per heavy atom. The van der Waals surface area contributed by atoms with E-state index in [0.717, 1.165) is 38.0 Å². The molecule has 5 heteroatoms. The number of carbonyl (C=O) groups excluding carboxylic acids is 1. The first-order valence-electron chi connectivity index (χ1n) is 7.08. The predicted molar refractivity (Wildman–Crippen MR) is 76.8 cm³/mol. The van der Waals surface area contributed by atoms with E-state index in [-0.39, 0.29) is 11.7 Å². The van der Waals surface area contributed by atoms with Crippen LogP contribution in [0, 0.1) is 5.82 Å². The van der Waals surface area contributed by atoms with Gasteiger partial charge in [-0.05, 0) is 30.5 Å². The molecule has 1 aromatic carbocycles. The van der Waals surface area contributed by atoms with Crippen molar-refractivity contribution in [2.45, 2.75) is 25.4 Å². The van der Waals surface area contributed by atoms with Crippen LogP contribution in [0.4, 0.5) is 4.39 Å². The zero-order valence-electron chi connectivity index (χ0n) is 11.9. The summed E-state index contributed by atoms with van der Waals surface area (Å²) in [5.74, 6) is -0.126. The molecule has 2 rings (SSSR count). The second-order valence-corrected chi connectivity index (χ2v) is 5.23. The molecule has 0 spiro atoms. The quantitative estimate of drug-likeness (QED) is 0.849. The Hall–Kier alpha value is -1.46. The molecule has 4 nitrogen and oxygen atoms in total. The van der Waals surface area contributed by atoms with Crippen LogP contribution in [0.5, 0.6) is 0 Å². The van der Waals surface area contributed by atoms with E-state index in [0.29, 0.717) is 12.6 Å². The minimum Gasteiger partial charge on any atom is -0.358 e. The summed E-state index contributed by atoms with van der Waals surface area (Å²) in [4.78, 5) is 13.5. The van der Waals surface area contributed by atoms with Gasteiger partial charge in [0.15, 0.2) is 0 Å². The van der Waals surface area contributed by atoms with Crippen LogP contribution in [0.1, 0.15) is 18.4 Å². The fraction of sp³-hybridized carbons (Fsp3) is 0.533. The molecular weight excluding hydrogens is 257 g/mol. The van der Waals surface area contributed by atoms with Crippen LogP contribution in [0.3, 0.4) is 0 Å². The third-order valence-electron chi connectivity index (χ3n) is 3.74. The SMILES string of the molecule is CNC(=O)CN1CCC(NCc2ccc(F)cc2)CC1. The molecule has 0 radical (unpaired) electrons. The summed E-state index contributed by atoms with van der Waals surface area (Å²) in [6.07, 6.45) is 2.08. The number of halogens is 1. The first-order chi connectivity index (χ1) is 9.67. The normalized spacial score (nSPS) is 17.1. The molecule has 0 aromatic heterocycles. The largest absolute Gasteiger partial charge is 0.358 e. The van der Waals surface area contributed by atoms with Crippen molar-refractivity contribution in [1.29, 1.82) is 0 Å². The highest BCUT2D eigenvalue weighted by Crippen LogP contribution is 2.11. The van der Waals surface area contributed by atoms with E-state index in [1.807, 2.05) is 12.1 Å². The molecule has 0 atom stereocenters. The number of carbonyl (C=O) groups is 1. The summed E-state index contributed by atoms with van der Waals surface area (Å²) in [6.45, 7) is 3.13. The van der Waals surface area contributed by atoms with Crippen molar-refractivity contribution in [1.82, 2.24) is 15.5 Å². The van der Waals surface area contributed by atoms with Crippen molar-refractivity contribution in [2.24, 2.45) is 0 Å². The van der Waals surface area contributed by atoms with Crippen LogP contribution in [-0.2, 0) is 11.3 Å². The number of likely N-dealkylation sites (tertiary alicyclic amines) is 1. The Morgan fingerprint density at radius 1 is 1.30 bits per heavy atom. The van der Waals surface area contributed by atoms with Crippen molar-refractivity contribution >= 4 is 5.91 Å². The number of piperidine rings is 1. The van der Waals surface area contributed by atoms with Gasteiger partial charge in [-0.3, -0.25) is 9.69 Å². The number of likely N-dealkylation sites (N-methyl/N-ethyl adjacent to an activating group) is 1. The van der Waals surface area contributed by atoms with Crippen molar-refractivity contribution in [3.8, 4) is 0 Å². The first-order valence-corrected chi connectivity index (χ1v) is 7.08. The number of hydrogen-bond donors (Lipinski definition) is 2. The smallest absolute Gasteiger partial charge is 0.233 e. The van der Waals surface area contributed by atoms with Crippen molar-refractivity contribution in [3.05, 3.63) is 35.6 Å². The van der Waals surface area contributed by atoms with Gasteiger partial charge in [0.2, 0.25) is 5.91 Å². The van der Waals surface area contributed by atoms with E-state index in [1.165, 1.54) is 12.1 Å². The molecule has 1 aliphatic rings. The van der Waals surface area contributed by atoms with Gasteiger partial charge in [-0.1, -0.05) is 12.1 Å². The standard InChI is InChI=1S/C15H22FN3O/c1-17-15(20)11-19-8-6-14(7-9-19)18-10-12-2-4-13(16)5-3-12/h2-5,14,18H,6-11H2,1H3,(H,17,20). The predicted octanol–water partition coefficient (Wildman–Crippen LogP) is 1.13. The fourth-order valence-corrected chi connectivity index (χ4v) is 2.44. The molecule has 110 valence electrons. The molecule has 1 heterocycles. The number of nitrogens with zero attached hydrogens (tertiary/aromatic N) is 1. The lowest BCUT2D eigenvalue weighted by Crippen LogP contribution is -2.45. The van der Waals surface area contributed by atoms with E-state index < -0.39 is 0 Å². The van der Waals surface area contributed by atoms with Crippen LogP contribution in [0.15, 0.2) is 24.3 Å². The molecule has 0 unspecified atom stereocenters. The Morgan fingerprint density at radius 2 is 1.95 bits per heavy atom. The van der Waals surface area contributed by atoms with Gasteiger partial charge in [0, 0.05) is 32.7 Å². The van der Waals surface area contributed by atoms with Crippen LogP contribution in [0.25, 0.3) is 0 Å². The highest BCUT2D eigenvalue weighted by molar-refractivity contribution is 5.77. The Kier molecular flexibility index (Phi) is 5.49.